The summed E-state index contributed by atoms with van der Waals surface area (Å²) in [5.41, 5.74) is 1.50. The van der Waals surface area contributed by atoms with E-state index in [1.807, 2.05) is 109 Å². The Hall–Kier alpha value is -5.32. The maximum Gasteiger partial charge on any atom is 2.00 e. The van der Waals surface area contributed by atoms with E-state index in [0.29, 0.717) is 0 Å². The topological polar surface area (TPSA) is 190 Å². The Kier molecular flexibility index (Phi) is 20.6. The molecular formula is C38H42MnN2O8+2. The predicted octanol–water partition coefficient (Wildman–Crippen LogP) is 3.72. The first-order valence-corrected chi connectivity index (χ1v) is 14.5. The van der Waals surface area contributed by atoms with E-state index in [1.165, 1.54) is 0 Å². The van der Waals surface area contributed by atoms with Crippen LogP contribution in [0.5, 0.6) is 11.5 Å². The number of rotatable bonds is 6. The van der Waals surface area contributed by atoms with Crippen molar-refractivity contribution in [1.82, 2.24) is 9.97 Å². The number of carbonyl (C=O) groups is 2. The first-order valence-electron chi connectivity index (χ1n) is 14.5. The van der Waals surface area contributed by atoms with Crippen molar-refractivity contribution in [1.29, 1.82) is 0 Å². The zero-order chi connectivity index (χ0) is 33.3. The minimum absolute atomic E-state index is 0. The molecule has 0 unspecified atom stereocenters. The summed E-state index contributed by atoms with van der Waals surface area (Å²) in [7, 11) is 3.24. The molecule has 2 aromatic heterocycles. The van der Waals surface area contributed by atoms with Gasteiger partial charge in [-0.05, 0) is 81.2 Å². The van der Waals surface area contributed by atoms with Gasteiger partial charge >= 0.3 is 17.1 Å². The second-order valence-corrected chi connectivity index (χ2v) is 10.1. The number of carboxylic acids is 2. The molecule has 4 aromatic carbocycles. The Labute approximate surface area is 296 Å². The SMILES string of the molecule is COc1ccc2cc([C@H](C)C(=O)[O-])ccc2c1.COc1ccc2cc([C@H](C)C(=O)[O-])ccc2c1.[Mn+2].[OH3+].[OH3+].c1ccncc1.c1ccncc1. The van der Waals surface area contributed by atoms with Crippen molar-refractivity contribution < 1.29 is 57.3 Å². The van der Waals surface area contributed by atoms with Gasteiger partial charge in [0.2, 0.25) is 0 Å². The standard InChI is InChI=1S/2C14H14O3.2C5H5N.Mn.2H2O/c2*1-9(14(15)16)10-3-4-12-8-13(17-2)6-5-11(12)7-10;2*1-2-4-6-5-3-1;;;/h2*3-9H,1-2H3,(H,15,16);2*1-5H;;2*1H2/q;;;;+2;;/t2*9-;;;;;/m00...../s1. The molecule has 49 heavy (non-hydrogen) atoms. The molecule has 257 valence electrons. The molecule has 0 saturated carbocycles. The van der Waals surface area contributed by atoms with Crippen LogP contribution in [0.2, 0.25) is 0 Å². The number of carbonyl (C=O) groups excluding carboxylic acids is 2. The van der Waals surface area contributed by atoms with Gasteiger partial charge in [-0.1, -0.05) is 74.5 Å². The van der Waals surface area contributed by atoms with Crippen molar-refractivity contribution in [2.45, 2.75) is 25.7 Å². The van der Waals surface area contributed by atoms with Gasteiger partial charge in [-0.3, -0.25) is 9.97 Å². The number of methoxy groups -OCH3 is 2. The molecule has 0 aliphatic rings. The van der Waals surface area contributed by atoms with Crippen LogP contribution in [0.15, 0.2) is 134 Å². The number of carboxylic acid groups (broad SMARTS) is 2. The molecule has 2 atom stereocenters. The Morgan fingerprint density at radius 1 is 0.531 bits per heavy atom. The zero-order valence-corrected chi connectivity index (χ0v) is 28.9. The van der Waals surface area contributed by atoms with Crippen LogP contribution in [-0.4, -0.2) is 36.1 Å². The van der Waals surface area contributed by atoms with E-state index >= 15 is 0 Å². The number of aliphatic carboxylic acids is 2. The van der Waals surface area contributed by atoms with Crippen LogP contribution in [-0.2, 0) is 37.6 Å². The number of pyridine rings is 2. The van der Waals surface area contributed by atoms with E-state index in [-0.39, 0.29) is 28.0 Å². The number of benzene rings is 4. The van der Waals surface area contributed by atoms with E-state index in [9.17, 15) is 19.8 Å². The van der Waals surface area contributed by atoms with Crippen molar-refractivity contribution >= 4 is 33.5 Å². The molecule has 0 spiro atoms. The van der Waals surface area contributed by atoms with Crippen LogP contribution >= 0.6 is 0 Å². The minimum atomic E-state index is -1.06. The molecule has 0 amide bonds. The van der Waals surface area contributed by atoms with Gasteiger partial charge in [0.1, 0.15) is 11.5 Å². The van der Waals surface area contributed by atoms with Crippen LogP contribution in [0.4, 0.5) is 0 Å². The molecule has 6 aromatic rings. The summed E-state index contributed by atoms with van der Waals surface area (Å²) in [4.78, 5) is 29.2. The van der Waals surface area contributed by atoms with E-state index in [0.717, 1.165) is 44.2 Å². The second kappa shape index (κ2) is 23.1. The molecule has 0 aliphatic carbocycles. The summed E-state index contributed by atoms with van der Waals surface area (Å²) in [6, 6.07) is 34.0. The zero-order valence-electron chi connectivity index (χ0n) is 27.7. The third-order valence-electron chi connectivity index (χ3n) is 6.98. The van der Waals surface area contributed by atoms with Gasteiger partial charge in [0.05, 0.1) is 14.2 Å². The Bertz CT molecular complexity index is 1640. The van der Waals surface area contributed by atoms with E-state index in [2.05, 4.69) is 9.97 Å². The average Bonchev–Trinajstić information content (AvgIpc) is 3.12. The van der Waals surface area contributed by atoms with Crippen molar-refractivity contribution in [2.75, 3.05) is 14.2 Å². The molecule has 0 fully saturated rings. The van der Waals surface area contributed by atoms with E-state index in [4.69, 9.17) is 9.47 Å². The van der Waals surface area contributed by atoms with Gasteiger partial charge in [0, 0.05) is 48.6 Å². The molecule has 10 nitrogen and oxygen atoms in total. The Balaban J connectivity index is 0.000000674. The molecule has 0 aliphatic heterocycles. The summed E-state index contributed by atoms with van der Waals surface area (Å²) in [5, 5.41) is 25.7. The summed E-state index contributed by atoms with van der Waals surface area (Å²) >= 11 is 0. The smallest absolute Gasteiger partial charge is 0.550 e. The minimum Gasteiger partial charge on any atom is -0.550 e. The molecule has 0 bridgehead atoms. The third-order valence-corrected chi connectivity index (χ3v) is 6.98. The predicted molar refractivity (Wildman–Crippen MR) is 186 cm³/mol. The normalized spacial score (nSPS) is 10.5. The van der Waals surface area contributed by atoms with Gasteiger partial charge in [-0.2, -0.15) is 0 Å². The first-order chi connectivity index (χ1) is 22.2. The van der Waals surface area contributed by atoms with Gasteiger partial charge in [0.15, 0.2) is 0 Å². The monoisotopic (exact) mass is 709 g/mol. The van der Waals surface area contributed by atoms with Gasteiger partial charge in [-0.15, -0.1) is 0 Å². The van der Waals surface area contributed by atoms with Gasteiger partial charge in [-0.25, -0.2) is 0 Å². The summed E-state index contributed by atoms with van der Waals surface area (Å²) < 4.78 is 10.3. The van der Waals surface area contributed by atoms with E-state index in [1.54, 1.807) is 52.9 Å². The summed E-state index contributed by atoms with van der Waals surface area (Å²) in [5.74, 6) is -1.73. The van der Waals surface area contributed by atoms with E-state index < -0.39 is 23.8 Å². The molecule has 1 radical (unpaired) electrons. The molecule has 0 saturated heterocycles. The van der Waals surface area contributed by atoms with Crippen LogP contribution in [0.25, 0.3) is 21.5 Å². The number of hydrogen-bond acceptors (Lipinski definition) is 8. The fraction of sp³-hybridized carbons (Fsp3) is 0.158. The van der Waals surface area contributed by atoms with Crippen LogP contribution < -0.4 is 19.7 Å². The maximum absolute atomic E-state index is 10.8. The molecule has 11 heteroatoms. The fourth-order valence-electron chi connectivity index (χ4n) is 4.17. The number of fused-ring (bicyclic) bond motifs is 2. The maximum atomic E-state index is 10.8. The second-order valence-electron chi connectivity index (χ2n) is 10.1. The van der Waals surface area contributed by atoms with Crippen LogP contribution in [0.1, 0.15) is 36.8 Å². The van der Waals surface area contributed by atoms with Crippen LogP contribution in [0.3, 0.4) is 0 Å². The van der Waals surface area contributed by atoms with Gasteiger partial charge < -0.3 is 40.2 Å². The van der Waals surface area contributed by atoms with Gasteiger partial charge in [0.25, 0.3) is 0 Å². The fourth-order valence-corrected chi connectivity index (χ4v) is 4.17. The largest absolute Gasteiger partial charge is 2.00 e. The number of aromatic nitrogens is 2. The van der Waals surface area contributed by atoms with Crippen molar-refractivity contribution in [3.63, 3.8) is 0 Å². The molecular weight excluding hydrogens is 667 g/mol. The first kappa shape index (κ1) is 43.7. The summed E-state index contributed by atoms with van der Waals surface area (Å²) in [6.07, 6.45) is 7.00. The van der Waals surface area contributed by atoms with Crippen molar-refractivity contribution in [3.8, 4) is 11.5 Å². The average molecular weight is 710 g/mol. The Morgan fingerprint density at radius 3 is 1.08 bits per heavy atom. The van der Waals surface area contributed by atoms with Crippen molar-refractivity contribution in [2.24, 2.45) is 0 Å². The molecule has 2 heterocycles. The number of nitrogens with zero attached hydrogens (tertiary/aromatic N) is 2. The quantitative estimate of drug-likeness (QED) is 0.185. The molecule has 6 rings (SSSR count). The number of hydrogen-bond donors (Lipinski definition) is 0. The van der Waals surface area contributed by atoms with Crippen molar-refractivity contribution in [3.05, 3.63) is 145 Å². The Morgan fingerprint density at radius 2 is 0.837 bits per heavy atom. The third kappa shape index (κ3) is 14.1. The van der Waals surface area contributed by atoms with Crippen LogP contribution in [0, 0.1) is 0 Å². The summed E-state index contributed by atoms with van der Waals surface area (Å²) in [6.45, 7) is 3.25. The molecule has 6 N–H and O–H groups in total. The number of ether oxygens (including phenoxy) is 2.